The number of hydrogen-bond acceptors (Lipinski definition) is 2. The molecule has 0 aliphatic carbocycles. The summed E-state index contributed by atoms with van der Waals surface area (Å²) in [6.07, 6.45) is 3.13. The lowest BCUT2D eigenvalue weighted by Crippen LogP contribution is -2.12. The summed E-state index contributed by atoms with van der Waals surface area (Å²) in [5.74, 6) is -0.935. The third-order valence-corrected chi connectivity index (χ3v) is 0.940. The van der Waals surface area contributed by atoms with Gasteiger partial charge in [-0.05, 0) is 12.5 Å². The van der Waals surface area contributed by atoms with Crippen LogP contribution < -0.4 is 11.5 Å². The normalized spacial score (nSPS) is 7.38. The number of carbonyl (C=O) groups excluding carboxylic acids is 2. The van der Waals surface area contributed by atoms with Crippen molar-refractivity contribution in [2.24, 2.45) is 11.5 Å². The fourth-order valence-electron chi connectivity index (χ4n) is 0.275. The number of allylic oxidation sites excluding steroid dienone is 1. The molecule has 0 bridgehead atoms. The first-order valence-corrected chi connectivity index (χ1v) is 3.46. The molecule has 0 radical (unpaired) electrons. The average molecular weight is 182 g/mol. The van der Waals surface area contributed by atoms with Crippen molar-refractivity contribution >= 4 is 11.8 Å². The Morgan fingerprint density at radius 1 is 1.23 bits per heavy atom. The van der Waals surface area contributed by atoms with Gasteiger partial charge in [-0.15, -0.1) is 6.58 Å². The number of rotatable bonds is 4. The molecule has 0 saturated heterocycles. The highest BCUT2D eigenvalue weighted by Gasteiger charge is 1.95. The van der Waals surface area contributed by atoms with Gasteiger partial charge in [-0.2, -0.15) is 0 Å². The Balaban J connectivity index is 0. The molecule has 4 N–H and O–H groups in total. The van der Waals surface area contributed by atoms with Gasteiger partial charge in [0.25, 0.3) is 0 Å². The first kappa shape index (κ1) is 13.7. The van der Waals surface area contributed by atoms with E-state index in [0.29, 0.717) is 12.0 Å². The molecule has 0 unspecified atom stereocenters. The summed E-state index contributed by atoms with van der Waals surface area (Å²) in [4.78, 5) is 19.6. The maximum Gasteiger partial charge on any atom is 0.244 e. The molecule has 0 fully saturated rings. The van der Waals surface area contributed by atoms with Gasteiger partial charge in [-0.1, -0.05) is 19.2 Å². The first-order chi connectivity index (χ1) is 5.95. The van der Waals surface area contributed by atoms with Crippen LogP contribution in [0.5, 0.6) is 0 Å². The van der Waals surface area contributed by atoms with Crippen molar-refractivity contribution in [2.45, 2.75) is 6.42 Å². The minimum absolute atomic E-state index is 0.403. The van der Waals surface area contributed by atoms with Gasteiger partial charge in [0.15, 0.2) is 0 Å². The molecule has 0 rings (SSSR count). The Morgan fingerprint density at radius 2 is 1.62 bits per heavy atom. The van der Waals surface area contributed by atoms with Gasteiger partial charge in [0, 0.05) is 5.57 Å². The van der Waals surface area contributed by atoms with Crippen LogP contribution in [0, 0.1) is 0 Å². The lowest BCUT2D eigenvalue weighted by molar-refractivity contribution is -0.115. The van der Waals surface area contributed by atoms with Crippen molar-refractivity contribution in [3.8, 4) is 0 Å². The van der Waals surface area contributed by atoms with Gasteiger partial charge >= 0.3 is 0 Å². The highest BCUT2D eigenvalue weighted by atomic mass is 16.1. The Labute approximate surface area is 77.6 Å². The monoisotopic (exact) mass is 182 g/mol. The van der Waals surface area contributed by atoms with Crippen molar-refractivity contribution in [3.63, 3.8) is 0 Å². The Morgan fingerprint density at radius 3 is 1.69 bits per heavy atom. The van der Waals surface area contributed by atoms with E-state index in [1.54, 1.807) is 6.08 Å². The Bertz CT molecular complexity index is 232. The van der Waals surface area contributed by atoms with Gasteiger partial charge in [-0.3, -0.25) is 9.59 Å². The van der Waals surface area contributed by atoms with Crippen molar-refractivity contribution in [1.82, 2.24) is 0 Å². The number of amides is 2. The topological polar surface area (TPSA) is 86.2 Å². The Kier molecular flexibility index (Phi) is 8.72. The lowest BCUT2D eigenvalue weighted by Gasteiger charge is -1.90. The van der Waals surface area contributed by atoms with Gasteiger partial charge < -0.3 is 11.5 Å². The SMILES string of the molecule is C=CC(N)=O.C=CCC(=C)C(N)=O. The summed E-state index contributed by atoms with van der Waals surface area (Å²) in [6, 6.07) is 0. The van der Waals surface area contributed by atoms with E-state index in [2.05, 4.69) is 25.5 Å². The van der Waals surface area contributed by atoms with Crippen LogP contribution in [0.2, 0.25) is 0 Å². The van der Waals surface area contributed by atoms with Crippen LogP contribution in [-0.4, -0.2) is 11.8 Å². The largest absolute Gasteiger partial charge is 0.366 e. The number of nitrogens with two attached hydrogens (primary N) is 2. The second-order valence-corrected chi connectivity index (χ2v) is 2.07. The highest BCUT2D eigenvalue weighted by Crippen LogP contribution is 1.94. The van der Waals surface area contributed by atoms with E-state index in [1.165, 1.54) is 0 Å². The quantitative estimate of drug-likeness (QED) is 0.482. The summed E-state index contributed by atoms with van der Waals surface area (Å²) >= 11 is 0. The van der Waals surface area contributed by atoms with Gasteiger partial charge in [0.2, 0.25) is 11.8 Å². The molecule has 0 heterocycles. The summed E-state index contributed by atoms with van der Waals surface area (Å²) in [5, 5.41) is 0. The minimum atomic E-state index is -0.481. The zero-order valence-electron chi connectivity index (χ0n) is 7.45. The summed E-state index contributed by atoms with van der Waals surface area (Å²) in [5.41, 5.74) is 9.77. The lowest BCUT2D eigenvalue weighted by atomic mass is 10.2. The van der Waals surface area contributed by atoms with E-state index in [9.17, 15) is 9.59 Å². The molecule has 0 aromatic rings. The first-order valence-electron chi connectivity index (χ1n) is 3.46. The number of carbonyl (C=O) groups is 2. The second kappa shape index (κ2) is 8.26. The number of hydrogen-bond donors (Lipinski definition) is 2. The third-order valence-electron chi connectivity index (χ3n) is 0.940. The molecule has 72 valence electrons. The van der Waals surface area contributed by atoms with Crippen molar-refractivity contribution in [3.05, 3.63) is 37.5 Å². The van der Waals surface area contributed by atoms with Crippen LogP contribution in [0.15, 0.2) is 37.5 Å². The molecule has 4 nitrogen and oxygen atoms in total. The minimum Gasteiger partial charge on any atom is -0.366 e. The molecule has 0 aliphatic heterocycles. The van der Waals surface area contributed by atoms with Crippen LogP contribution in [0.3, 0.4) is 0 Å². The molecule has 0 aliphatic rings. The van der Waals surface area contributed by atoms with Gasteiger partial charge in [0.1, 0.15) is 0 Å². The molecule has 0 saturated carbocycles. The van der Waals surface area contributed by atoms with Crippen molar-refractivity contribution < 1.29 is 9.59 Å². The molecule has 2 amide bonds. The van der Waals surface area contributed by atoms with Gasteiger partial charge in [0.05, 0.1) is 0 Å². The predicted octanol–water partition coefficient (Wildman–Crippen LogP) is 0.262. The third kappa shape index (κ3) is 13.2. The smallest absolute Gasteiger partial charge is 0.244 e. The van der Waals surface area contributed by atoms with E-state index in [1.807, 2.05) is 0 Å². The summed E-state index contributed by atoms with van der Waals surface area (Å²) in [6.45, 7) is 9.90. The van der Waals surface area contributed by atoms with Crippen LogP contribution in [-0.2, 0) is 9.59 Å². The number of primary amides is 2. The van der Waals surface area contributed by atoms with E-state index in [-0.39, 0.29) is 0 Å². The van der Waals surface area contributed by atoms with E-state index in [4.69, 9.17) is 5.73 Å². The molecule has 0 spiro atoms. The van der Waals surface area contributed by atoms with Crippen LogP contribution in [0.1, 0.15) is 6.42 Å². The van der Waals surface area contributed by atoms with E-state index < -0.39 is 11.8 Å². The molecule has 0 aromatic heterocycles. The zero-order valence-corrected chi connectivity index (χ0v) is 7.45. The summed E-state index contributed by atoms with van der Waals surface area (Å²) in [7, 11) is 0. The molecular weight excluding hydrogens is 168 g/mol. The predicted molar refractivity (Wildman–Crippen MR) is 52.5 cm³/mol. The van der Waals surface area contributed by atoms with E-state index in [0.717, 1.165) is 6.08 Å². The average Bonchev–Trinajstić information content (AvgIpc) is 2.06. The highest BCUT2D eigenvalue weighted by molar-refractivity contribution is 5.91. The zero-order chi connectivity index (χ0) is 10.9. The molecule has 0 atom stereocenters. The standard InChI is InChI=1S/C6H9NO.C3H5NO/c1-3-4-5(2)6(7)8;1-2-3(4)5/h3H,1-2,4H2,(H2,7,8);2H,1H2,(H2,4,5). The maximum atomic E-state index is 10.2. The van der Waals surface area contributed by atoms with Gasteiger partial charge in [-0.25, -0.2) is 0 Å². The fraction of sp³-hybridized carbons (Fsp3) is 0.111. The van der Waals surface area contributed by atoms with Crippen molar-refractivity contribution in [1.29, 1.82) is 0 Å². The van der Waals surface area contributed by atoms with Crippen molar-refractivity contribution in [2.75, 3.05) is 0 Å². The van der Waals surface area contributed by atoms with Crippen LogP contribution in [0.4, 0.5) is 0 Å². The molecule has 0 aromatic carbocycles. The van der Waals surface area contributed by atoms with E-state index >= 15 is 0 Å². The Hall–Kier alpha value is -1.84. The van der Waals surface area contributed by atoms with Crippen LogP contribution in [0.25, 0.3) is 0 Å². The molecule has 4 heteroatoms. The maximum absolute atomic E-state index is 10.2. The summed E-state index contributed by atoms with van der Waals surface area (Å²) < 4.78 is 0. The molecule has 13 heavy (non-hydrogen) atoms. The molecular formula is C9H14N2O2. The second-order valence-electron chi connectivity index (χ2n) is 2.07. The fourth-order valence-corrected chi connectivity index (χ4v) is 0.275. The van der Waals surface area contributed by atoms with Crippen LogP contribution >= 0.6 is 0 Å².